The molecule has 3 aromatic heterocycles. The van der Waals surface area contributed by atoms with Gasteiger partial charge in [-0.05, 0) is 42.5 Å². The average Bonchev–Trinajstić information content (AvgIpc) is 3.59. The van der Waals surface area contributed by atoms with Gasteiger partial charge in [-0.2, -0.15) is 0 Å². The summed E-state index contributed by atoms with van der Waals surface area (Å²) in [6.07, 6.45) is 0. The number of aromatic nitrogens is 3. The van der Waals surface area contributed by atoms with Gasteiger partial charge in [0.05, 0.1) is 22.1 Å². The maximum atomic E-state index is 5.13. The third-order valence-corrected chi connectivity index (χ3v) is 8.10. The predicted octanol–water partition coefficient (Wildman–Crippen LogP) is 8.69. The van der Waals surface area contributed by atoms with E-state index in [9.17, 15) is 0 Å². The van der Waals surface area contributed by atoms with Crippen molar-refractivity contribution in [2.45, 2.75) is 0 Å². The first-order valence-electron chi connectivity index (χ1n) is 11.7. The van der Waals surface area contributed by atoms with Crippen molar-refractivity contribution in [1.29, 1.82) is 0 Å². The van der Waals surface area contributed by atoms with E-state index in [0.29, 0.717) is 0 Å². The zero-order valence-electron chi connectivity index (χ0n) is 18.7. The van der Waals surface area contributed by atoms with Gasteiger partial charge in [0.2, 0.25) is 0 Å². The molecule has 1 N–H and O–H groups in total. The first-order chi connectivity index (χ1) is 17.4. The van der Waals surface area contributed by atoms with Crippen LogP contribution in [0.5, 0.6) is 0 Å². The van der Waals surface area contributed by atoms with E-state index in [4.69, 9.17) is 4.98 Å². The standard InChI is InChI=1S/C31H19N3S/c1-2-9-19(10-3-1)34-25-15-6-5-14-24(25)32-31(34)23-13-8-12-20-21-17-18-27-28(30(21)33-29(20)23)22-11-4-7-16-26(22)35-27/h1-18,33H. The molecule has 0 saturated heterocycles. The molecule has 35 heavy (non-hydrogen) atoms. The first-order valence-corrected chi connectivity index (χ1v) is 12.6. The molecule has 8 rings (SSSR count). The van der Waals surface area contributed by atoms with Gasteiger partial charge in [0.15, 0.2) is 0 Å². The van der Waals surface area contributed by atoms with E-state index in [1.165, 1.54) is 36.5 Å². The van der Waals surface area contributed by atoms with E-state index in [0.717, 1.165) is 33.6 Å². The van der Waals surface area contributed by atoms with Crippen molar-refractivity contribution in [2.24, 2.45) is 0 Å². The Morgan fingerprint density at radius 3 is 2.31 bits per heavy atom. The molecule has 0 radical (unpaired) electrons. The van der Waals surface area contributed by atoms with Crippen LogP contribution in [0.15, 0.2) is 109 Å². The van der Waals surface area contributed by atoms with Crippen molar-refractivity contribution in [3.63, 3.8) is 0 Å². The average molecular weight is 466 g/mol. The number of hydrogen-bond acceptors (Lipinski definition) is 2. The van der Waals surface area contributed by atoms with Gasteiger partial charge < -0.3 is 4.98 Å². The highest BCUT2D eigenvalue weighted by Gasteiger charge is 2.19. The number of nitrogens with zero attached hydrogens (tertiary/aromatic N) is 2. The van der Waals surface area contributed by atoms with E-state index < -0.39 is 0 Å². The topological polar surface area (TPSA) is 33.6 Å². The lowest BCUT2D eigenvalue weighted by Gasteiger charge is -2.10. The van der Waals surface area contributed by atoms with Gasteiger partial charge in [0.25, 0.3) is 0 Å². The van der Waals surface area contributed by atoms with Crippen molar-refractivity contribution in [3.05, 3.63) is 109 Å². The van der Waals surface area contributed by atoms with Crippen LogP contribution >= 0.6 is 11.3 Å². The molecule has 4 heteroatoms. The second-order valence-electron chi connectivity index (χ2n) is 8.91. The van der Waals surface area contributed by atoms with Crippen LogP contribution in [0.25, 0.3) is 70.1 Å². The number of thiophene rings is 1. The fraction of sp³-hybridized carbons (Fsp3) is 0. The molecule has 5 aromatic carbocycles. The van der Waals surface area contributed by atoms with Gasteiger partial charge in [-0.15, -0.1) is 11.3 Å². The van der Waals surface area contributed by atoms with Crippen LogP contribution in [-0.2, 0) is 0 Å². The molecule has 0 aliphatic heterocycles. The highest BCUT2D eigenvalue weighted by molar-refractivity contribution is 7.26. The molecule has 0 aliphatic rings. The lowest BCUT2D eigenvalue weighted by Crippen LogP contribution is -1.97. The minimum atomic E-state index is 0.945. The van der Waals surface area contributed by atoms with Crippen molar-refractivity contribution < 1.29 is 0 Å². The lowest BCUT2D eigenvalue weighted by molar-refractivity contribution is 1.10. The lowest BCUT2D eigenvalue weighted by atomic mass is 10.1. The first kappa shape index (κ1) is 19.0. The molecular formula is C31H19N3S. The highest BCUT2D eigenvalue weighted by atomic mass is 32.1. The largest absolute Gasteiger partial charge is 0.353 e. The van der Waals surface area contributed by atoms with Crippen LogP contribution in [-0.4, -0.2) is 14.5 Å². The number of aromatic amines is 1. The summed E-state index contributed by atoms with van der Waals surface area (Å²) < 4.78 is 4.90. The van der Waals surface area contributed by atoms with Crippen LogP contribution in [0.2, 0.25) is 0 Å². The zero-order valence-corrected chi connectivity index (χ0v) is 19.5. The molecule has 0 spiro atoms. The molecule has 0 atom stereocenters. The monoisotopic (exact) mass is 465 g/mol. The smallest absolute Gasteiger partial charge is 0.147 e. The van der Waals surface area contributed by atoms with Gasteiger partial charge in [-0.3, -0.25) is 4.57 Å². The van der Waals surface area contributed by atoms with Crippen LogP contribution in [0.3, 0.4) is 0 Å². The van der Waals surface area contributed by atoms with Crippen molar-refractivity contribution in [2.75, 3.05) is 0 Å². The van der Waals surface area contributed by atoms with Crippen molar-refractivity contribution in [1.82, 2.24) is 14.5 Å². The quantitative estimate of drug-likeness (QED) is 0.272. The van der Waals surface area contributed by atoms with Gasteiger partial charge in [-0.1, -0.05) is 66.7 Å². The number of rotatable bonds is 2. The molecule has 164 valence electrons. The zero-order chi connectivity index (χ0) is 22.9. The van der Waals surface area contributed by atoms with Crippen LogP contribution in [0, 0.1) is 0 Å². The number of benzene rings is 5. The summed E-state index contributed by atoms with van der Waals surface area (Å²) >= 11 is 1.85. The molecule has 0 fully saturated rings. The molecule has 0 aliphatic carbocycles. The van der Waals surface area contributed by atoms with Crippen molar-refractivity contribution >= 4 is 64.3 Å². The summed E-state index contributed by atoms with van der Waals surface area (Å²) in [6, 6.07) is 38.6. The Hall–Kier alpha value is -4.41. The Morgan fingerprint density at radius 1 is 0.600 bits per heavy atom. The molecule has 0 bridgehead atoms. The second-order valence-corrected chi connectivity index (χ2v) is 9.99. The number of nitrogens with one attached hydrogen (secondary N) is 1. The predicted molar refractivity (Wildman–Crippen MR) is 149 cm³/mol. The summed E-state index contributed by atoms with van der Waals surface area (Å²) in [6.45, 7) is 0. The summed E-state index contributed by atoms with van der Waals surface area (Å²) in [5.41, 5.74) is 6.63. The maximum absolute atomic E-state index is 5.13. The number of H-pyrrole nitrogens is 1. The molecular weight excluding hydrogens is 446 g/mol. The fourth-order valence-electron chi connectivity index (χ4n) is 5.44. The molecule has 0 amide bonds. The Morgan fingerprint density at radius 2 is 1.37 bits per heavy atom. The maximum Gasteiger partial charge on any atom is 0.147 e. The molecule has 3 nitrogen and oxygen atoms in total. The number of imidazole rings is 1. The molecule has 0 saturated carbocycles. The van der Waals surface area contributed by atoms with Crippen LogP contribution in [0.1, 0.15) is 0 Å². The van der Waals surface area contributed by atoms with E-state index >= 15 is 0 Å². The van der Waals surface area contributed by atoms with Gasteiger partial charge in [0, 0.05) is 42.2 Å². The molecule has 0 unspecified atom stereocenters. The van der Waals surface area contributed by atoms with E-state index in [2.05, 4.69) is 119 Å². The number of para-hydroxylation sites is 4. The summed E-state index contributed by atoms with van der Waals surface area (Å²) in [5.74, 6) is 0.945. The fourth-order valence-corrected chi connectivity index (χ4v) is 6.55. The third kappa shape index (κ3) is 2.63. The van der Waals surface area contributed by atoms with Crippen LogP contribution < -0.4 is 0 Å². The van der Waals surface area contributed by atoms with E-state index in [1.807, 2.05) is 11.3 Å². The van der Waals surface area contributed by atoms with E-state index in [-0.39, 0.29) is 0 Å². The Labute approximate surface area is 204 Å². The third-order valence-electron chi connectivity index (χ3n) is 6.96. The number of hydrogen-bond donors (Lipinski definition) is 1. The van der Waals surface area contributed by atoms with Gasteiger partial charge >= 0.3 is 0 Å². The number of fused-ring (bicyclic) bond motifs is 8. The highest BCUT2D eigenvalue weighted by Crippen LogP contribution is 2.42. The SMILES string of the molecule is c1ccc(-n2c(-c3cccc4c3[nH]c3c4ccc4sc5ccccc5c43)nc3ccccc32)cc1. The van der Waals surface area contributed by atoms with Gasteiger partial charge in [-0.25, -0.2) is 4.98 Å². The van der Waals surface area contributed by atoms with Crippen LogP contribution in [0.4, 0.5) is 0 Å². The Bertz CT molecular complexity index is 2060. The summed E-state index contributed by atoms with van der Waals surface area (Å²) in [7, 11) is 0. The van der Waals surface area contributed by atoms with Gasteiger partial charge in [0.1, 0.15) is 5.82 Å². The Kier molecular flexibility index (Phi) is 3.82. The summed E-state index contributed by atoms with van der Waals surface area (Å²) in [4.78, 5) is 8.97. The minimum absolute atomic E-state index is 0.945. The second kappa shape index (κ2) is 7.05. The molecule has 3 heterocycles. The van der Waals surface area contributed by atoms with E-state index in [1.54, 1.807) is 0 Å². The molecule has 8 aromatic rings. The minimum Gasteiger partial charge on any atom is -0.353 e. The normalized spacial score (nSPS) is 12.0. The Balaban J connectivity index is 1.50. The van der Waals surface area contributed by atoms with Crippen molar-refractivity contribution in [3.8, 4) is 17.1 Å². The summed E-state index contributed by atoms with van der Waals surface area (Å²) in [5, 5.41) is 5.09.